The zero-order valence-corrected chi connectivity index (χ0v) is 19.9. The molecule has 5 rings (SSSR count). The van der Waals surface area contributed by atoms with Crippen LogP contribution in [-0.4, -0.2) is 68.8 Å². The fourth-order valence-corrected chi connectivity index (χ4v) is 5.31. The van der Waals surface area contributed by atoms with Gasteiger partial charge in [-0.25, -0.2) is 9.78 Å². The van der Waals surface area contributed by atoms with E-state index in [2.05, 4.69) is 10.1 Å². The van der Waals surface area contributed by atoms with Crippen molar-refractivity contribution in [2.45, 2.75) is 44.9 Å². The number of carbonyl (C=O) groups excluding carboxylic acids is 2. The highest BCUT2D eigenvalue weighted by atomic mass is 16.6. The van der Waals surface area contributed by atoms with Crippen molar-refractivity contribution < 1.29 is 19.1 Å². The van der Waals surface area contributed by atoms with Crippen LogP contribution in [0.5, 0.6) is 5.75 Å². The molecule has 0 aliphatic carbocycles. The first-order valence-corrected chi connectivity index (χ1v) is 11.6. The van der Waals surface area contributed by atoms with Crippen LogP contribution in [0, 0.1) is 6.92 Å². The second-order valence-corrected chi connectivity index (χ2v) is 9.00. The summed E-state index contributed by atoms with van der Waals surface area (Å²) in [6, 6.07) is 9.80. The van der Waals surface area contributed by atoms with E-state index in [1.165, 1.54) is 0 Å². The standard InChI is InChI=1S/C25H29N5O4/c1-15-20-22(33-4)19(14-26-23(20)28(3)27-15)24(31)29-12-10-18(11-13-29)30-16(2)21(34-25(30)32)17-8-6-5-7-9-17/h5-9,14,16,18,21H,10-13H2,1-4H3. The number of pyridine rings is 1. The highest BCUT2D eigenvalue weighted by Gasteiger charge is 2.44. The molecule has 2 unspecified atom stereocenters. The Morgan fingerprint density at radius 3 is 2.56 bits per heavy atom. The lowest BCUT2D eigenvalue weighted by molar-refractivity contribution is 0.0637. The van der Waals surface area contributed by atoms with E-state index < -0.39 is 0 Å². The number of aromatic nitrogens is 3. The SMILES string of the molecule is COc1c(C(=O)N2CCC(N3C(=O)OC(c4ccccc4)C3C)CC2)cnc2c1c(C)nn2C. The van der Waals surface area contributed by atoms with Gasteiger partial charge in [0.25, 0.3) is 5.91 Å². The van der Waals surface area contributed by atoms with Gasteiger partial charge in [0.1, 0.15) is 17.4 Å². The molecule has 2 fully saturated rings. The van der Waals surface area contributed by atoms with Crippen LogP contribution < -0.4 is 4.74 Å². The van der Waals surface area contributed by atoms with Gasteiger partial charge < -0.3 is 14.4 Å². The quantitative estimate of drug-likeness (QED) is 0.589. The molecule has 0 bridgehead atoms. The number of carbonyl (C=O) groups is 2. The summed E-state index contributed by atoms with van der Waals surface area (Å²) in [4.78, 5) is 34.3. The topological polar surface area (TPSA) is 89.8 Å². The molecule has 178 valence electrons. The van der Waals surface area contributed by atoms with Gasteiger partial charge in [-0.2, -0.15) is 5.10 Å². The van der Waals surface area contributed by atoms with Crippen LogP contribution in [-0.2, 0) is 11.8 Å². The van der Waals surface area contributed by atoms with Crippen LogP contribution in [0.2, 0.25) is 0 Å². The highest BCUT2D eigenvalue weighted by molar-refractivity contribution is 6.02. The van der Waals surface area contributed by atoms with Crippen LogP contribution in [0.4, 0.5) is 4.79 Å². The number of likely N-dealkylation sites (tertiary alicyclic amines) is 1. The van der Waals surface area contributed by atoms with Crippen LogP contribution in [0.1, 0.15) is 47.5 Å². The predicted molar refractivity (Wildman–Crippen MR) is 126 cm³/mol. The molecule has 9 nitrogen and oxygen atoms in total. The third-order valence-corrected chi connectivity index (χ3v) is 7.00. The molecule has 3 aromatic rings. The van der Waals surface area contributed by atoms with Crippen molar-refractivity contribution in [3.8, 4) is 5.75 Å². The number of ether oxygens (including phenoxy) is 2. The van der Waals surface area contributed by atoms with E-state index in [0.717, 1.165) is 16.6 Å². The predicted octanol–water partition coefficient (Wildman–Crippen LogP) is 3.47. The summed E-state index contributed by atoms with van der Waals surface area (Å²) in [5.74, 6) is 0.386. The Morgan fingerprint density at radius 2 is 1.88 bits per heavy atom. The molecule has 2 saturated heterocycles. The molecule has 2 aliphatic rings. The van der Waals surface area contributed by atoms with Crippen LogP contribution >= 0.6 is 0 Å². The van der Waals surface area contributed by atoms with Crippen LogP contribution in [0.25, 0.3) is 11.0 Å². The van der Waals surface area contributed by atoms with Crippen molar-refractivity contribution in [2.75, 3.05) is 20.2 Å². The second kappa shape index (κ2) is 8.62. The number of piperidine rings is 1. The molecule has 2 atom stereocenters. The number of aryl methyl sites for hydroxylation is 2. The summed E-state index contributed by atoms with van der Waals surface area (Å²) in [7, 11) is 3.38. The maximum atomic E-state index is 13.4. The van der Waals surface area contributed by atoms with Crippen molar-refractivity contribution in [3.05, 3.63) is 53.3 Å². The molecule has 2 aliphatic heterocycles. The van der Waals surface area contributed by atoms with E-state index in [9.17, 15) is 9.59 Å². The fraction of sp³-hybridized carbons (Fsp3) is 0.440. The number of amides is 2. The lowest BCUT2D eigenvalue weighted by Crippen LogP contribution is -2.49. The third kappa shape index (κ3) is 3.55. The van der Waals surface area contributed by atoms with Crippen LogP contribution in [0.3, 0.4) is 0 Å². The Labute approximate surface area is 198 Å². The zero-order valence-electron chi connectivity index (χ0n) is 19.9. The van der Waals surface area contributed by atoms with Gasteiger partial charge in [-0.05, 0) is 32.3 Å². The van der Waals surface area contributed by atoms with E-state index in [1.54, 1.807) is 18.0 Å². The largest absolute Gasteiger partial charge is 0.495 e. The molecular weight excluding hydrogens is 434 g/mol. The summed E-state index contributed by atoms with van der Waals surface area (Å²) in [5.41, 5.74) is 2.88. The first kappa shape index (κ1) is 22.2. The molecule has 2 aromatic heterocycles. The zero-order chi connectivity index (χ0) is 24.0. The minimum atomic E-state index is -0.283. The van der Waals surface area contributed by atoms with Crippen molar-refractivity contribution in [1.29, 1.82) is 0 Å². The number of hydrogen-bond acceptors (Lipinski definition) is 6. The molecule has 1 aromatic carbocycles. The van der Waals surface area contributed by atoms with Crippen LogP contribution in [0.15, 0.2) is 36.5 Å². The van der Waals surface area contributed by atoms with Crippen molar-refractivity contribution >= 4 is 23.0 Å². The van der Waals surface area contributed by atoms with Gasteiger partial charge in [-0.15, -0.1) is 0 Å². The Balaban J connectivity index is 1.31. The van der Waals surface area contributed by atoms with E-state index in [-0.39, 0.29) is 30.2 Å². The van der Waals surface area contributed by atoms with Gasteiger partial charge in [-0.3, -0.25) is 14.4 Å². The number of fused-ring (bicyclic) bond motifs is 1. The summed E-state index contributed by atoms with van der Waals surface area (Å²) in [5, 5.41) is 5.16. The first-order valence-electron chi connectivity index (χ1n) is 11.6. The summed E-state index contributed by atoms with van der Waals surface area (Å²) < 4.78 is 13.1. The molecule has 9 heteroatoms. The van der Waals surface area contributed by atoms with Crippen molar-refractivity contribution in [2.24, 2.45) is 7.05 Å². The molecule has 34 heavy (non-hydrogen) atoms. The maximum Gasteiger partial charge on any atom is 0.411 e. The lowest BCUT2D eigenvalue weighted by atomic mass is 9.98. The monoisotopic (exact) mass is 463 g/mol. The summed E-state index contributed by atoms with van der Waals surface area (Å²) >= 11 is 0. The third-order valence-electron chi connectivity index (χ3n) is 7.00. The molecule has 0 radical (unpaired) electrons. The van der Waals surface area contributed by atoms with Crippen molar-refractivity contribution in [3.63, 3.8) is 0 Å². The highest BCUT2D eigenvalue weighted by Crippen LogP contribution is 2.36. The van der Waals surface area contributed by atoms with Gasteiger partial charge in [0, 0.05) is 32.4 Å². The number of hydrogen-bond donors (Lipinski definition) is 0. The summed E-state index contributed by atoms with van der Waals surface area (Å²) in [6.45, 7) is 5.00. The van der Waals surface area contributed by atoms with Gasteiger partial charge >= 0.3 is 6.09 Å². The number of rotatable bonds is 4. The fourth-order valence-electron chi connectivity index (χ4n) is 5.31. The van der Waals surface area contributed by atoms with E-state index in [4.69, 9.17) is 9.47 Å². The molecule has 4 heterocycles. The van der Waals surface area contributed by atoms with Gasteiger partial charge in [0.15, 0.2) is 5.65 Å². The molecule has 0 saturated carbocycles. The average Bonchev–Trinajstić information content (AvgIpc) is 3.32. The Bertz CT molecular complexity index is 1230. The second-order valence-electron chi connectivity index (χ2n) is 9.00. The summed E-state index contributed by atoms with van der Waals surface area (Å²) in [6.07, 6.45) is 2.39. The van der Waals surface area contributed by atoms with Gasteiger partial charge in [-0.1, -0.05) is 30.3 Å². The molecule has 2 amide bonds. The number of benzene rings is 1. The smallest absolute Gasteiger partial charge is 0.411 e. The Hall–Kier alpha value is -3.62. The average molecular weight is 464 g/mol. The number of cyclic esters (lactones) is 1. The van der Waals surface area contributed by atoms with E-state index >= 15 is 0 Å². The number of methoxy groups -OCH3 is 1. The molecular formula is C25H29N5O4. The number of nitrogens with zero attached hydrogens (tertiary/aromatic N) is 5. The first-order chi connectivity index (χ1) is 16.4. The Morgan fingerprint density at radius 1 is 1.18 bits per heavy atom. The van der Waals surface area contributed by atoms with Crippen molar-refractivity contribution in [1.82, 2.24) is 24.6 Å². The lowest BCUT2D eigenvalue weighted by Gasteiger charge is -2.37. The minimum absolute atomic E-state index is 0.0309. The van der Waals surface area contributed by atoms with E-state index in [0.29, 0.717) is 42.9 Å². The minimum Gasteiger partial charge on any atom is -0.495 e. The van der Waals surface area contributed by atoms with E-state index in [1.807, 2.05) is 61.0 Å². The van der Waals surface area contributed by atoms with Gasteiger partial charge in [0.05, 0.1) is 24.2 Å². The Kier molecular flexibility index (Phi) is 5.63. The molecule has 0 N–H and O–H groups in total. The maximum absolute atomic E-state index is 13.4. The normalized spacial score (nSPS) is 21.2. The van der Waals surface area contributed by atoms with Gasteiger partial charge in [0.2, 0.25) is 0 Å². The molecule has 0 spiro atoms.